The van der Waals surface area contributed by atoms with Gasteiger partial charge in [-0.1, -0.05) is 6.07 Å². The van der Waals surface area contributed by atoms with E-state index in [0.717, 1.165) is 11.3 Å². The Bertz CT molecular complexity index is 1100. The quantitative estimate of drug-likeness (QED) is 0.763. The van der Waals surface area contributed by atoms with Gasteiger partial charge in [0.25, 0.3) is 0 Å². The molecule has 0 saturated heterocycles. The van der Waals surface area contributed by atoms with E-state index in [1.165, 1.54) is 6.92 Å². The molecule has 166 valence electrons. The van der Waals surface area contributed by atoms with Gasteiger partial charge in [0.05, 0.1) is 14.2 Å². The summed E-state index contributed by atoms with van der Waals surface area (Å²) < 4.78 is 10.9. The second kappa shape index (κ2) is 8.86. The average Bonchev–Trinajstić information content (AvgIpc) is 2.78. The normalized spacial score (nSPS) is 18.3. The lowest BCUT2D eigenvalue weighted by molar-refractivity contribution is -0.120. The van der Waals surface area contributed by atoms with Crippen molar-refractivity contribution < 1.29 is 23.9 Å². The van der Waals surface area contributed by atoms with Gasteiger partial charge < -0.3 is 14.8 Å². The Kier molecular flexibility index (Phi) is 5.99. The first-order valence-corrected chi connectivity index (χ1v) is 10.6. The van der Waals surface area contributed by atoms with Crippen molar-refractivity contribution in [1.82, 2.24) is 0 Å². The Morgan fingerprint density at radius 2 is 1.78 bits per heavy atom. The second-order valence-electron chi connectivity index (χ2n) is 7.96. The van der Waals surface area contributed by atoms with Crippen LogP contribution in [0.1, 0.15) is 44.1 Å². The molecule has 1 aliphatic carbocycles. The van der Waals surface area contributed by atoms with Crippen LogP contribution in [-0.2, 0) is 14.4 Å². The van der Waals surface area contributed by atoms with Crippen LogP contribution in [0.15, 0.2) is 53.7 Å². The minimum absolute atomic E-state index is 0.0708. The highest BCUT2D eigenvalue weighted by molar-refractivity contribution is 6.07. The predicted octanol–water partition coefficient (Wildman–Crippen LogP) is 4.19. The van der Waals surface area contributed by atoms with Gasteiger partial charge in [0, 0.05) is 60.0 Å². The summed E-state index contributed by atoms with van der Waals surface area (Å²) in [6.07, 6.45) is 1.99. The van der Waals surface area contributed by atoms with E-state index in [1.54, 1.807) is 49.5 Å². The number of nitrogens with one attached hydrogen (secondary N) is 1. The fourth-order valence-corrected chi connectivity index (χ4v) is 4.56. The van der Waals surface area contributed by atoms with Crippen LogP contribution in [0.25, 0.3) is 0 Å². The number of ketones is 1. The van der Waals surface area contributed by atoms with Gasteiger partial charge in [0.2, 0.25) is 11.8 Å². The van der Waals surface area contributed by atoms with Crippen LogP contribution >= 0.6 is 0 Å². The third-order valence-electron chi connectivity index (χ3n) is 5.94. The smallest absolute Gasteiger partial charge is 0.232 e. The molecule has 0 spiro atoms. The third-order valence-corrected chi connectivity index (χ3v) is 5.94. The largest absolute Gasteiger partial charge is 0.497 e. The maximum absolute atomic E-state index is 13.4. The number of anilines is 2. The minimum atomic E-state index is -0.360. The molecular weight excluding hydrogens is 408 g/mol. The molecule has 2 aromatic carbocycles. The Balaban J connectivity index is 1.79. The lowest BCUT2D eigenvalue weighted by Gasteiger charge is -2.38. The highest BCUT2D eigenvalue weighted by Crippen LogP contribution is 2.46. The molecular formula is C25H26N2O5. The van der Waals surface area contributed by atoms with Crippen molar-refractivity contribution in [3.05, 3.63) is 59.3 Å². The molecule has 0 aromatic heterocycles. The van der Waals surface area contributed by atoms with Crippen LogP contribution in [-0.4, -0.2) is 31.8 Å². The van der Waals surface area contributed by atoms with Crippen molar-refractivity contribution in [2.45, 2.75) is 38.5 Å². The molecule has 32 heavy (non-hydrogen) atoms. The molecule has 1 unspecified atom stereocenters. The number of hydrogen-bond acceptors (Lipinski definition) is 5. The average molecular weight is 434 g/mol. The van der Waals surface area contributed by atoms with E-state index in [0.29, 0.717) is 47.7 Å². The highest BCUT2D eigenvalue weighted by Gasteiger charge is 2.40. The number of allylic oxidation sites excluding steroid dienone is 2. The molecule has 4 rings (SSSR count). The van der Waals surface area contributed by atoms with Crippen LogP contribution in [0.2, 0.25) is 0 Å². The molecule has 2 aromatic rings. The van der Waals surface area contributed by atoms with Gasteiger partial charge in [0.1, 0.15) is 11.5 Å². The molecule has 1 atom stereocenters. The van der Waals surface area contributed by atoms with E-state index in [9.17, 15) is 14.4 Å². The molecule has 0 radical (unpaired) electrons. The van der Waals surface area contributed by atoms with Crippen LogP contribution in [0.4, 0.5) is 11.4 Å². The summed E-state index contributed by atoms with van der Waals surface area (Å²) in [7, 11) is 3.16. The summed E-state index contributed by atoms with van der Waals surface area (Å²) in [5.41, 5.74) is 3.59. The van der Waals surface area contributed by atoms with Crippen molar-refractivity contribution in [1.29, 1.82) is 0 Å². The number of methoxy groups -OCH3 is 2. The maximum Gasteiger partial charge on any atom is 0.232 e. The molecule has 0 saturated carbocycles. The van der Waals surface area contributed by atoms with Crippen molar-refractivity contribution >= 4 is 29.0 Å². The summed E-state index contributed by atoms with van der Waals surface area (Å²) in [5.74, 6) is 0.723. The van der Waals surface area contributed by atoms with Gasteiger partial charge in [-0.2, -0.15) is 0 Å². The molecule has 0 bridgehead atoms. The number of ether oxygens (including phenoxy) is 2. The molecule has 7 heteroatoms. The highest BCUT2D eigenvalue weighted by atomic mass is 16.5. The van der Waals surface area contributed by atoms with Gasteiger partial charge in [-0.25, -0.2) is 0 Å². The number of amides is 2. The molecule has 1 aliphatic heterocycles. The van der Waals surface area contributed by atoms with Gasteiger partial charge >= 0.3 is 0 Å². The van der Waals surface area contributed by atoms with E-state index >= 15 is 0 Å². The molecule has 0 fully saturated rings. The Hall–Kier alpha value is -3.61. The predicted molar refractivity (Wildman–Crippen MR) is 121 cm³/mol. The van der Waals surface area contributed by atoms with Crippen LogP contribution in [0.5, 0.6) is 11.5 Å². The first-order chi connectivity index (χ1) is 15.4. The summed E-state index contributed by atoms with van der Waals surface area (Å²) in [6.45, 7) is 1.44. The first kappa shape index (κ1) is 21.6. The third kappa shape index (κ3) is 3.98. The monoisotopic (exact) mass is 434 g/mol. The van der Waals surface area contributed by atoms with Crippen molar-refractivity contribution in [3.8, 4) is 11.5 Å². The summed E-state index contributed by atoms with van der Waals surface area (Å²) >= 11 is 0. The van der Waals surface area contributed by atoms with E-state index in [2.05, 4.69) is 5.32 Å². The van der Waals surface area contributed by atoms with Crippen molar-refractivity contribution in [3.63, 3.8) is 0 Å². The van der Waals surface area contributed by atoms with Crippen LogP contribution in [0.3, 0.4) is 0 Å². The van der Waals surface area contributed by atoms with E-state index in [4.69, 9.17) is 9.47 Å². The number of benzene rings is 2. The zero-order valence-electron chi connectivity index (χ0n) is 18.4. The van der Waals surface area contributed by atoms with Gasteiger partial charge in [-0.15, -0.1) is 0 Å². The first-order valence-electron chi connectivity index (χ1n) is 10.6. The molecule has 2 aliphatic rings. The number of rotatable bonds is 5. The minimum Gasteiger partial charge on any atom is -0.497 e. The zero-order chi connectivity index (χ0) is 22.8. The van der Waals surface area contributed by atoms with E-state index < -0.39 is 0 Å². The molecule has 1 N–H and O–H groups in total. The zero-order valence-corrected chi connectivity index (χ0v) is 18.4. The van der Waals surface area contributed by atoms with E-state index in [-0.39, 0.29) is 29.9 Å². The van der Waals surface area contributed by atoms with Crippen molar-refractivity contribution in [2.75, 3.05) is 24.4 Å². The summed E-state index contributed by atoms with van der Waals surface area (Å²) in [6, 6.07) is 12.6. The fourth-order valence-electron chi connectivity index (χ4n) is 4.56. The Morgan fingerprint density at radius 1 is 1.03 bits per heavy atom. The van der Waals surface area contributed by atoms with E-state index in [1.807, 2.05) is 12.1 Å². The Labute approximate surface area is 187 Å². The number of carbonyl (C=O) groups is 3. The topological polar surface area (TPSA) is 84.9 Å². The fraction of sp³-hybridized carbons (Fsp3) is 0.320. The maximum atomic E-state index is 13.4. The van der Waals surface area contributed by atoms with Crippen LogP contribution in [0, 0.1) is 0 Å². The van der Waals surface area contributed by atoms with Crippen molar-refractivity contribution in [2.24, 2.45) is 0 Å². The lowest BCUT2D eigenvalue weighted by Crippen LogP contribution is -2.40. The summed E-state index contributed by atoms with van der Waals surface area (Å²) in [4.78, 5) is 39.4. The number of hydrogen-bond donors (Lipinski definition) is 1. The summed E-state index contributed by atoms with van der Waals surface area (Å²) in [5, 5.41) is 2.73. The number of nitrogens with zero attached hydrogens (tertiary/aromatic N) is 1. The van der Waals surface area contributed by atoms with Gasteiger partial charge in [-0.05, 0) is 43.2 Å². The molecule has 1 heterocycles. The molecule has 7 nitrogen and oxygen atoms in total. The Morgan fingerprint density at radius 3 is 2.44 bits per heavy atom. The van der Waals surface area contributed by atoms with Gasteiger partial charge in [0.15, 0.2) is 5.78 Å². The molecule has 2 amide bonds. The number of Topliss-reactive ketones (excluding diaryl/α,β-unsaturated/α-hetero) is 1. The second-order valence-corrected chi connectivity index (χ2v) is 7.96. The SMILES string of the molecule is COc1ccc(C2CC(=O)N(c3ccc(NC(C)=O)cc3)C3=C2C(=O)CCC3)c(OC)c1. The van der Waals surface area contributed by atoms with Gasteiger partial charge in [-0.3, -0.25) is 19.3 Å². The lowest BCUT2D eigenvalue weighted by atomic mass is 9.77. The number of carbonyl (C=O) groups excluding carboxylic acids is 3. The standard InChI is InChI=1S/C25H26N2O5/c1-15(28)26-16-7-9-17(10-8-16)27-21-5-4-6-22(29)25(21)20(14-24(27)30)19-12-11-18(31-2)13-23(19)32-3/h7-13,20H,4-6,14H2,1-3H3,(H,26,28). The van der Waals surface area contributed by atoms with Crippen LogP contribution < -0.4 is 19.7 Å².